The number of halogens is 2. The third kappa shape index (κ3) is 2.93. The lowest BCUT2D eigenvalue weighted by Gasteiger charge is -2.00. The predicted molar refractivity (Wildman–Crippen MR) is 47.4 cm³/mol. The molecule has 0 bridgehead atoms. The molecule has 0 aliphatic rings. The molecule has 0 fully saturated rings. The van der Waals surface area contributed by atoms with Crippen LogP contribution in [0.1, 0.15) is 12.6 Å². The van der Waals surface area contributed by atoms with Gasteiger partial charge in [-0.1, -0.05) is 11.6 Å². The highest BCUT2D eigenvalue weighted by atomic mass is 35.5. The summed E-state index contributed by atoms with van der Waals surface area (Å²) in [6.45, 7) is 2.96. The van der Waals surface area contributed by atoms with Gasteiger partial charge >= 0.3 is 0 Å². The fourth-order valence-corrected chi connectivity index (χ4v) is 1.16. The Bertz CT molecular complexity index is 247. The fraction of sp³-hybridized carbons (Fsp3) is 0.429. The summed E-state index contributed by atoms with van der Waals surface area (Å²) < 4.78 is 5.12. The largest absolute Gasteiger partial charge is 0.375 e. The first-order valence-corrected chi connectivity index (χ1v) is 4.24. The van der Waals surface area contributed by atoms with Crippen LogP contribution >= 0.6 is 23.2 Å². The average molecular weight is 207 g/mol. The first-order valence-electron chi connectivity index (χ1n) is 3.49. The molecule has 0 amide bonds. The van der Waals surface area contributed by atoms with E-state index in [4.69, 9.17) is 27.9 Å². The van der Waals surface area contributed by atoms with Gasteiger partial charge in [0.05, 0.1) is 12.3 Å². The molecule has 5 heteroatoms. The van der Waals surface area contributed by atoms with Gasteiger partial charge in [0.15, 0.2) is 0 Å². The molecule has 66 valence electrons. The van der Waals surface area contributed by atoms with Crippen LogP contribution in [0, 0.1) is 0 Å². The summed E-state index contributed by atoms with van der Waals surface area (Å²) in [6.07, 6.45) is 0. The third-order valence-corrected chi connectivity index (χ3v) is 1.54. The Balaban J connectivity index is 2.72. The quantitative estimate of drug-likeness (QED) is 0.563. The molecule has 0 radical (unpaired) electrons. The van der Waals surface area contributed by atoms with Crippen LogP contribution in [0.15, 0.2) is 6.07 Å². The predicted octanol–water partition coefficient (Wildman–Crippen LogP) is 2.32. The molecular formula is C7H8Cl2N2O. The second kappa shape index (κ2) is 4.60. The number of rotatable bonds is 3. The van der Waals surface area contributed by atoms with Gasteiger partial charge in [-0.3, -0.25) is 0 Å². The van der Waals surface area contributed by atoms with Crippen LogP contribution in [0.4, 0.5) is 0 Å². The van der Waals surface area contributed by atoms with Crippen LogP contribution in [-0.2, 0) is 11.3 Å². The smallest absolute Gasteiger partial charge is 0.224 e. The molecule has 3 nitrogen and oxygen atoms in total. The molecule has 0 N–H and O–H groups in total. The molecule has 0 unspecified atom stereocenters. The van der Waals surface area contributed by atoms with Gasteiger partial charge in [-0.05, 0) is 24.6 Å². The SMILES string of the molecule is CCOCc1cc(Cl)nc(Cl)n1. The molecule has 1 rings (SSSR count). The number of hydrogen-bond acceptors (Lipinski definition) is 3. The lowest BCUT2D eigenvalue weighted by atomic mass is 10.4. The van der Waals surface area contributed by atoms with Crippen molar-refractivity contribution < 1.29 is 4.74 Å². The Morgan fingerprint density at radius 2 is 2.17 bits per heavy atom. The fourth-order valence-electron chi connectivity index (χ4n) is 0.714. The highest BCUT2D eigenvalue weighted by Gasteiger charge is 2.00. The summed E-state index contributed by atoms with van der Waals surface area (Å²) >= 11 is 11.2. The zero-order chi connectivity index (χ0) is 8.97. The van der Waals surface area contributed by atoms with Gasteiger partial charge < -0.3 is 4.74 Å². The van der Waals surface area contributed by atoms with Gasteiger partial charge in [0.2, 0.25) is 5.28 Å². The monoisotopic (exact) mass is 206 g/mol. The van der Waals surface area contributed by atoms with Crippen molar-refractivity contribution in [3.05, 3.63) is 22.2 Å². The Labute approximate surface area is 80.7 Å². The van der Waals surface area contributed by atoms with E-state index in [9.17, 15) is 0 Å². The van der Waals surface area contributed by atoms with Crippen LogP contribution < -0.4 is 0 Å². The summed E-state index contributed by atoms with van der Waals surface area (Å²) in [4.78, 5) is 7.62. The van der Waals surface area contributed by atoms with Crippen molar-refractivity contribution in [1.29, 1.82) is 0 Å². The van der Waals surface area contributed by atoms with Crippen molar-refractivity contribution in [3.63, 3.8) is 0 Å². The minimum absolute atomic E-state index is 0.150. The van der Waals surface area contributed by atoms with Crippen LogP contribution in [0.25, 0.3) is 0 Å². The number of ether oxygens (including phenoxy) is 1. The molecule has 1 heterocycles. The number of nitrogens with zero attached hydrogens (tertiary/aromatic N) is 2. The van der Waals surface area contributed by atoms with Gasteiger partial charge in [-0.25, -0.2) is 9.97 Å². The summed E-state index contributed by atoms with van der Waals surface area (Å²) in [6, 6.07) is 1.63. The molecule has 0 aliphatic carbocycles. The van der Waals surface area contributed by atoms with E-state index in [0.29, 0.717) is 24.1 Å². The van der Waals surface area contributed by atoms with E-state index in [1.807, 2.05) is 6.92 Å². The number of aromatic nitrogens is 2. The van der Waals surface area contributed by atoms with Gasteiger partial charge in [-0.15, -0.1) is 0 Å². The van der Waals surface area contributed by atoms with Gasteiger partial charge in [0.25, 0.3) is 0 Å². The lowest BCUT2D eigenvalue weighted by molar-refractivity contribution is 0.131. The summed E-state index contributed by atoms with van der Waals surface area (Å²) in [5, 5.41) is 0.488. The van der Waals surface area contributed by atoms with E-state index >= 15 is 0 Å². The first-order chi connectivity index (χ1) is 5.72. The molecular weight excluding hydrogens is 199 g/mol. The Morgan fingerprint density at radius 3 is 2.75 bits per heavy atom. The lowest BCUT2D eigenvalue weighted by Crippen LogP contribution is -1.96. The maximum absolute atomic E-state index is 5.64. The Morgan fingerprint density at radius 1 is 1.42 bits per heavy atom. The maximum atomic E-state index is 5.64. The zero-order valence-electron chi connectivity index (χ0n) is 6.55. The van der Waals surface area contributed by atoms with Crippen molar-refractivity contribution in [2.24, 2.45) is 0 Å². The minimum Gasteiger partial charge on any atom is -0.375 e. The molecule has 1 aromatic rings. The van der Waals surface area contributed by atoms with Crippen LogP contribution in [0.2, 0.25) is 10.4 Å². The summed E-state index contributed by atoms with van der Waals surface area (Å²) in [7, 11) is 0. The standard InChI is InChI=1S/C7H8Cl2N2O/c1-2-12-4-5-3-6(8)11-7(9)10-5/h3H,2,4H2,1H3. The highest BCUT2D eigenvalue weighted by molar-refractivity contribution is 6.31. The molecule has 12 heavy (non-hydrogen) atoms. The van der Waals surface area contributed by atoms with Gasteiger partial charge in [0.1, 0.15) is 5.15 Å². The van der Waals surface area contributed by atoms with Gasteiger partial charge in [-0.2, -0.15) is 0 Å². The molecule has 1 aromatic heterocycles. The summed E-state index contributed by atoms with van der Waals surface area (Å²) in [5.41, 5.74) is 0.696. The molecule has 0 saturated heterocycles. The van der Waals surface area contributed by atoms with Crippen molar-refractivity contribution >= 4 is 23.2 Å². The van der Waals surface area contributed by atoms with E-state index in [-0.39, 0.29) is 5.28 Å². The van der Waals surface area contributed by atoms with Crippen molar-refractivity contribution in [1.82, 2.24) is 9.97 Å². The van der Waals surface area contributed by atoms with E-state index in [1.54, 1.807) is 6.07 Å². The normalized spacial score (nSPS) is 10.2. The minimum atomic E-state index is 0.150. The second-order valence-electron chi connectivity index (χ2n) is 2.09. The first kappa shape index (κ1) is 9.71. The average Bonchev–Trinajstić information content (AvgIpc) is 1.99. The zero-order valence-corrected chi connectivity index (χ0v) is 8.06. The van der Waals surface area contributed by atoms with Crippen molar-refractivity contribution in [3.8, 4) is 0 Å². The van der Waals surface area contributed by atoms with E-state index in [1.165, 1.54) is 0 Å². The van der Waals surface area contributed by atoms with Gasteiger partial charge in [0, 0.05) is 6.61 Å². The number of hydrogen-bond donors (Lipinski definition) is 0. The van der Waals surface area contributed by atoms with Crippen LogP contribution in [-0.4, -0.2) is 16.6 Å². The highest BCUT2D eigenvalue weighted by Crippen LogP contribution is 2.11. The maximum Gasteiger partial charge on any atom is 0.224 e. The molecule has 0 aromatic carbocycles. The molecule has 0 aliphatic heterocycles. The van der Waals surface area contributed by atoms with Crippen LogP contribution in [0.3, 0.4) is 0 Å². The van der Waals surface area contributed by atoms with E-state index in [0.717, 1.165) is 0 Å². The summed E-state index contributed by atoms with van der Waals surface area (Å²) in [5.74, 6) is 0. The Kier molecular flexibility index (Phi) is 3.72. The Hall–Kier alpha value is -0.380. The van der Waals surface area contributed by atoms with E-state index in [2.05, 4.69) is 9.97 Å². The van der Waals surface area contributed by atoms with Crippen molar-refractivity contribution in [2.75, 3.05) is 6.61 Å². The van der Waals surface area contributed by atoms with Crippen molar-refractivity contribution in [2.45, 2.75) is 13.5 Å². The molecule has 0 atom stereocenters. The van der Waals surface area contributed by atoms with Crippen LogP contribution in [0.5, 0.6) is 0 Å². The van der Waals surface area contributed by atoms with E-state index < -0.39 is 0 Å². The second-order valence-corrected chi connectivity index (χ2v) is 2.81. The molecule has 0 saturated carbocycles. The topological polar surface area (TPSA) is 35.0 Å². The molecule has 0 spiro atoms. The third-order valence-electron chi connectivity index (χ3n) is 1.17.